The minimum atomic E-state index is -1.01. The molecule has 2 atom stereocenters. The summed E-state index contributed by atoms with van der Waals surface area (Å²) < 4.78 is 1.58. The molecule has 7 heteroatoms. The van der Waals surface area contributed by atoms with E-state index in [9.17, 15) is 9.59 Å². The highest BCUT2D eigenvalue weighted by atomic mass is 16.4. The summed E-state index contributed by atoms with van der Waals surface area (Å²) in [6.45, 7) is 3.68. The smallest absolute Gasteiger partial charge is 0.326 e. The number of amides is 1. The van der Waals surface area contributed by atoms with Crippen LogP contribution in [0.4, 0.5) is 0 Å². The van der Waals surface area contributed by atoms with Crippen molar-refractivity contribution in [2.75, 3.05) is 6.54 Å². The SMILES string of the molecule is C=CC(=O)N1CC(n2ccnn2)C[C@H]1C(=O)O. The van der Waals surface area contributed by atoms with Crippen LogP contribution in [0.5, 0.6) is 0 Å². The number of rotatable bonds is 3. The molecule has 7 nitrogen and oxygen atoms in total. The van der Waals surface area contributed by atoms with Gasteiger partial charge in [0, 0.05) is 19.2 Å². The van der Waals surface area contributed by atoms with Gasteiger partial charge >= 0.3 is 5.97 Å². The normalized spacial score (nSPS) is 23.6. The lowest BCUT2D eigenvalue weighted by Crippen LogP contribution is -2.39. The Balaban J connectivity index is 2.20. The Morgan fingerprint density at radius 2 is 2.29 bits per heavy atom. The van der Waals surface area contributed by atoms with Gasteiger partial charge in [-0.25, -0.2) is 9.48 Å². The summed E-state index contributed by atoms with van der Waals surface area (Å²) in [5.41, 5.74) is 0. The first-order chi connectivity index (χ1) is 8.13. The van der Waals surface area contributed by atoms with E-state index >= 15 is 0 Å². The number of carbonyl (C=O) groups excluding carboxylic acids is 1. The van der Waals surface area contributed by atoms with E-state index in [1.54, 1.807) is 10.9 Å². The van der Waals surface area contributed by atoms with Crippen LogP contribution in [0.2, 0.25) is 0 Å². The lowest BCUT2D eigenvalue weighted by Gasteiger charge is -2.19. The van der Waals surface area contributed by atoms with Gasteiger partial charge in [-0.05, 0) is 6.08 Å². The molecule has 17 heavy (non-hydrogen) atoms. The molecule has 1 aliphatic heterocycles. The molecule has 1 N–H and O–H groups in total. The first-order valence-corrected chi connectivity index (χ1v) is 5.15. The highest BCUT2D eigenvalue weighted by Gasteiger charge is 2.39. The number of aromatic nitrogens is 3. The second-order valence-electron chi connectivity index (χ2n) is 3.82. The Kier molecular flexibility index (Phi) is 2.90. The fourth-order valence-electron chi connectivity index (χ4n) is 2.01. The number of carboxylic acid groups (broad SMARTS) is 1. The third-order valence-corrected chi connectivity index (χ3v) is 2.84. The summed E-state index contributed by atoms with van der Waals surface area (Å²) >= 11 is 0. The van der Waals surface area contributed by atoms with Crippen LogP contribution in [0.3, 0.4) is 0 Å². The predicted molar refractivity (Wildman–Crippen MR) is 57.0 cm³/mol. The summed E-state index contributed by atoms with van der Waals surface area (Å²) in [7, 11) is 0. The Hall–Kier alpha value is -2.18. The largest absolute Gasteiger partial charge is 0.480 e. The minimum Gasteiger partial charge on any atom is -0.480 e. The van der Waals surface area contributed by atoms with Crippen molar-refractivity contribution in [2.45, 2.75) is 18.5 Å². The highest BCUT2D eigenvalue weighted by molar-refractivity contribution is 5.91. The molecule has 1 saturated heterocycles. The molecule has 0 aromatic carbocycles. The number of aliphatic carboxylic acids is 1. The first-order valence-electron chi connectivity index (χ1n) is 5.15. The molecule has 0 bridgehead atoms. The minimum absolute atomic E-state index is 0.150. The van der Waals surface area contributed by atoms with Crippen LogP contribution in [-0.2, 0) is 9.59 Å². The maximum atomic E-state index is 11.5. The molecule has 0 radical (unpaired) electrons. The number of carbonyl (C=O) groups is 2. The van der Waals surface area contributed by atoms with Crippen LogP contribution < -0.4 is 0 Å². The fraction of sp³-hybridized carbons (Fsp3) is 0.400. The predicted octanol–water partition coefficient (Wildman–Crippen LogP) is -0.309. The molecule has 1 amide bonds. The molecule has 2 rings (SSSR count). The van der Waals surface area contributed by atoms with E-state index in [1.807, 2.05) is 0 Å². The number of hydrogen-bond acceptors (Lipinski definition) is 4. The van der Waals surface area contributed by atoms with Crippen molar-refractivity contribution in [3.05, 3.63) is 25.0 Å². The summed E-state index contributed by atoms with van der Waals surface area (Å²) in [4.78, 5) is 23.9. The average Bonchev–Trinajstić information content (AvgIpc) is 2.95. The van der Waals surface area contributed by atoms with Crippen LogP contribution in [0, 0.1) is 0 Å². The van der Waals surface area contributed by atoms with Crippen LogP contribution in [0.25, 0.3) is 0 Å². The second-order valence-corrected chi connectivity index (χ2v) is 3.82. The molecule has 2 heterocycles. The van der Waals surface area contributed by atoms with Gasteiger partial charge in [-0.1, -0.05) is 11.8 Å². The quantitative estimate of drug-likeness (QED) is 0.727. The second kappa shape index (κ2) is 4.36. The number of carboxylic acids is 1. The number of hydrogen-bond donors (Lipinski definition) is 1. The van der Waals surface area contributed by atoms with Gasteiger partial charge in [-0.15, -0.1) is 5.10 Å². The molecular formula is C10H12N4O3. The molecule has 90 valence electrons. The molecule has 1 fully saturated rings. The maximum Gasteiger partial charge on any atom is 0.326 e. The summed E-state index contributed by atoms with van der Waals surface area (Å²) in [5, 5.41) is 16.6. The first kappa shape index (κ1) is 11.3. The van der Waals surface area contributed by atoms with Gasteiger partial charge < -0.3 is 10.0 Å². The van der Waals surface area contributed by atoms with Gasteiger partial charge in [0.15, 0.2) is 0 Å². The topological polar surface area (TPSA) is 88.3 Å². The Bertz CT molecular complexity index is 442. The van der Waals surface area contributed by atoms with E-state index in [4.69, 9.17) is 5.11 Å². The van der Waals surface area contributed by atoms with Gasteiger partial charge in [-0.3, -0.25) is 4.79 Å². The zero-order valence-corrected chi connectivity index (χ0v) is 9.06. The maximum absolute atomic E-state index is 11.5. The average molecular weight is 236 g/mol. The molecule has 1 aromatic heterocycles. The Labute approximate surface area is 97.3 Å². The van der Waals surface area contributed by atoms with Gasteiger partial charge in [0.2, 0.25) is 5.91 Å². The molecular weight excluding hydrogens is 224 g/mol. The lowest BCUT2D eigenvalue weighted by atomic mass is 10.2. The third kappa shape index (κ3) is 2.03. The number of likely N-dealkylation sites (tertiary alicyclic amines) is 1. The van der Waals surface area contributed by atoms with Crippen LogP contribution >= 0.6 is 0 Å². The zero-order chi connectivity index (χ0) is 12.4. The van der Waals surface area contributed by atoms with Crippen molar-refractivity contribution in [1.82, 2.24) is 19.9 Å². The van der Waals surface area contributed by atoms with E-state index in [2.05, 4.69) is 16.9 Å². The molecule has 1 unspecified atom stereocenters. The van der Waals surface area contributed by atoms with Gasteiger partial charge in [0.05, 0.1) is 12.2 Å². The van der Waals surface area contributed by atoms with Crippen LogP contribution in [0.1, 0.15) is 12.5 Å². The zero-order valence-electron chi connectivity index (χ0n) is 9.06. The Morgan fingerprint density at radius 1 is 1.53 bits per heavy atom. The molecule has 0 saturated carbocycles. The van der Waals surface area contributed by atoms with Crippen molar-refractivity contribution in [1.29, 1.82) is 0 Å². The highest BCUT2D eigenvalue weighted by Crippen LogP contribution is 2.26. The van der Waals surface area contributed by atoms with E-state index in [-0.39, 0.29) is 11.9 Å². The molecule has 0 spiro atoms. The third-order valence-electron chi connectivity index (χ3n) is 2.84. The van der Waals surface area contributed by atoms with E-state index in [0.717, 1.165) is 6.08 Å². The van der Waals surface area contributed by atoms with Crippen molar-refractivity contribution in [2.24, 2.45) is 0 Å². The van der Waals surface area contributed by atoms with Crippen molar-refractivity contribution in [3.8, 4) is 0 Å². The van der Waals surface area contributed by atoms with Crippen molar-refractivity contribution >= 4 is 11.9 Å². The summed E-state index contributed by atoms with van der Waals surface area (Å²) in [5.74, 6) is -1.39. The molecule has 0 aliphatic carbocycles. The van der Waals surface area contributed by atoms with Crippen molar-refractivity contribution < 1.29 is 14.7 Å². The van der Waals surface area contributed by atoms with Gasteiger partial charge in [0.25, 0.3) is 0 Å². The summed E-state index contributed by atoms with van der Waals surface area (Å²) in [6.07, 6.45) is 4.64. The van der Waals surface area contributed by atoms with E-state index in [1.165, 1.54) is 11.1 Å². The lowest BCUT2D eigenvalue weighted by molar-refractivity contribution is -0.146. The van der Waals surface area contributed by atoms with Crippen molar-refractivity contribution in [3.63, 3.8) is 0 Å². The Morgan fingerprint density at radius 3 is 2.82 bits per heavy atom. The van der Waals surface area contributed by atoms with E-state index < -0.39 is 12.0 Å². The fourth-order valence-corrected chi connectivity index (χ4v) is 2.01. The summed E-state index contributed by atoms with van der Waals surface area (Å²) in [6, 6.07) is -0.975. The van der Waals surface area contributed by atoms with E-state index in [0.29, 0.717) is 13.0 Å². The standard InChI is InChI=1S/C10H12N4O3/c1-2-9(15)13-6-7(5-8(13)10(16)17)14-4-3-11-12-14/h2-4,7-8H,1,5-6H2,(H,16,17)/t7?,8-/m0/s1. The number of nitrogens with zero attached hydrogens (tertiary/aromatic N) is 4. The van der Waals surface area contributed by atoms with Crippen LogP contribution in [-0.4, -0.2) is 49.5 Å². The molecule has 1 aromatic rings. The monoisotopic (exact) mass is 236 g/mol. The molecule has 1 aliphatic rings. The van der Waals surface area contributed by atoms with Crippen LogP contribution in [0.15, 0.2) is 25.0 Å². The van der Waals surface area contributed by atoms with Gasteiger partial charge in [-0.2, -0.15) is 0 Å². The van der Waals surface area contributed by atoms with Gasteiger partial charge in [0.1, 0.15) is 6.04 Å².